The summed E-state index contributed by atoms with van der Waals surface area (Å²) >= 11 is 3.41. The van der Waals surface area contributed by atoms with E-state index in [0.717, 1.165) is 36.2 Å². The lowest BCUT2D eigenvalue weighted by Crippen LogP contribution is -2.37. The van der Waals surface area contributed by atoms with Crippen molar-refractivity contribution in [3.8, 4) is 0 Å². The molecule has 1 unspecified atom stereocenters. The zero-order valence-corrected chi connectivity index (χ0v) is 14.6. The van der Waals surface area contributed by atoms with E-state index >= 15 is 0 Å². The van der Waals surface area contributed by atoms with Crippen molar-refractivity contribution in [3.05, 3.63) is 34.3 Å². The molecule has 1 atom stereocenters. The average molecular weight is 357 g/mol. The van der Waals surface area contributed by atoms with Gasteiger partial charge < -0.3 is 9.64 Å². The fourth-order valence-corrected chi connectivity index (χ4v) is 2.39. The van der Waals surface area contributed by atoms with Gasteiger partial charge in [0, 0.05) is 17.6 Å². The van der Waals surface area contributed by atoms with Gasteiger partial charge in [0.15, 0.2) is 0 Å². The molecular weight excluding hydrogens is 332 g/mol. The molecule has 1 aromatic rings. The third-order valence-corrected chi connectivity index (χ3v) is 3.93. The number of hydrogen-bond donors (Lipinski definition) is 1. The Morgan fingerprint density at radius 1 is 1.24 bits per heavy atom. The quantitative estimate of drug-likeness (QED) is 0.690. The van der Waals surface area contributed by atoms with Gasteiger partial charge in [-0.25, -0.2) is 4.79 Å². The van der Waals surface area contributed by atoms with Gasteiger partial charge in [-0.3, -0.25) is 5.32 Å². The van der Waals surface area contributed by atoms with Gasteiger partial charge in [0.25, 0.3) is 0 Å². The molecule has 118 valence electrons. The number of hydrogen-bond acceptors (Lipinski definition) is 4. The molecule has 0 radical (unpaired) electrons. The molecule has 1 rings (SSSR count). The van der Waals surface area contributed by atoms with Crippen molar-refractivity contribution in [2.24, 2.45) is 0 Å². The van der Waals surface area contributed by atoms with Crippen molar-refractivity contribution in [1.82, 2.24) is 10.2 Å². The first kappa shape index (κ1) is 18.1. The third-order valence-electron chi connectivity index (χ3n) is 3.40. The molecule has 21 heavy (non-hydrogen) atoms. The van der Waals surface area contributed by atoms with Gasteiger partial charge in [-0.05, 0) is 37.7 Å². The number of esters is 1. The normalized spacial score (nSPS) is 12.4. The maximum atomic E-state index is 12.1. The van der Waals surface area contributed by atoms with Crippen LogP contribution in [0.4, 0.5) is 0 Å². The molecule has 0 saturated heterocycles. The van der Waals surface area contributed by atoms with Gasteiger partial charge in [0.1, 0.15) is 6.04 Å². The van der Waals surface area contributed by atoms with Crippen LogP contribution in [0.5, 0.6) is 0 Å². The molecule has 0 amide bonds. The van der Waals surface area contributed by atoms with Crippen LogP contribution in [-0.4, -0.2) is 43.7 Å². The third kappa shape index (κ3) is 6.16. The number of carbonyl (C=O) groups is 1. The van der Waals surface area contributed by atoms with Gasteiger partial charge in [-0.15, -0.1) is 0 Å². The maximum Gasteiger partial charge on any atom is 0.327 e. The Morgan fingerprint density at radius 2 is 1.86 bits per heavy atom. The SMILES string of the molecule is CCOC(=O)C(NCCN(CC)CC)c1ccc(Br)cc1. The van der Waals surface area contributed by atoms with Crippen LogP contribution in [0.25, 0.3) is 0 Å². The minimum Gasteiger partial charge on any atom is -0.465 e. The smallest absolute Gasteiger partial charge is 0.327 e. The molecule has 0 aliphatic carbocycles. The van der Waals surface area contributed by atoms with Gasteiger partial charge in [-0.1, -0.05) is 41.9 Å². The lowest BCUT2D eigenvalue weighted by Gasteiger charge is -2.22. The molecule has 0 bridgehead atoms. The number of ether oxygens (including phenoxy) is 1. The number of nitrogens with zero attached hydrogens (tertiary/aromatic N) is 1. The predicted octanol–water partition coefficient (Wildman–Crippen LogP) is 2.98. The zero-order chi connectivity index (χ0) is 15.7. The molecule has 0 saturated carbocycles. The molecular formula is C16H25BrN2O2. The monoisotopic (exact) mass is 356 g/mol. The Hall–Kier alpha value is -0.910. The van der Waals surface area contributed by atoms with Crippen LogP contribution < -0.4 is 5.32 Å². The number of carbonyl (C=O) groups excluding carboxylic acids is 1. The second kappa shape index (κ2) is 9.92. The lowest BCUT2D eigenvalue weighted by molar-refractivity contribution is -0.145. The van der Waals surface area contributed by atoms with E-state index in [9.17, 15) is 4.79 Å². The second-order valence-electron chi connectivity index (χ2n) is 4.72. The summed E-state index contributed by atoms with van der Waals surface area (Å²) in [6.45, 7) is 10.2. The topological polar surface area (TPSA) is 41.6 Å². The van der Waals surface area contributed by atoms with Crippen molar-refractivity contribution in [1.29, 1.82) is 0 Å². The highest BCUT2D eigenvalue weighted by atomic mass is 79.9. The highest BCUT2D eigenvalue weighted by molar-refractivity contribution is 9.10. The number of rotatable bonds is 9. The van der Waals surface area contributed by atoms with Gasteiger partial charge in [0.05, 0.1) is 6.61 Å². The van der Waals surface area contributed by atoms with E-state index in [2.05, 4.69) is 40.0 Å². The maximum absolute atomic E-state index is 12.1. The molecule has 1 aromatic carbocycles. The first-order valence-corrected chi connectivity index (χ1v) is 8.29. The Balaban J connectivity index is 2.69. The minimum absolute atomic E-state index is 0.223. The van der Waals surface area contributed by atoms with Crippen molar-refractivity contribution < 1.29 is 9.53 Å². The molecule has 0 aromatic heterocycles. The summed E-state index contributed by atoms with van der Waals surface area (Å²) in [5.41, 5.74) is 0.927. The number of likely N-dealkylation sites (N-methyl/N-ethyl adjacent to an activating group) is 1. The molecule has 0 aliphatic rings. The summed E-state index contributed by atoms with van der Waals surface area (Å²) in [7, 11) is 0. The van der Waals surface area contributed by atoms with Crippen LogP contribution in [0.3, 0.4) is 0 Å². The molecule has 0 spiro atoms. The van der Waals surface area contributed by atoms with Crippen molar-refractivity contribution in [3.63, 3.8) is 0 Å². The number of benzene rings is 1. The summed E-state index contributed by atoms with van der Waals surface area (Å²) in [6.07, 6.45) is 0. The van der Waals surface area contributed by atoms with E-state index in [1.165, 1.54) is 0 Å². The van der Waals surface area contributed by atoms with Crippen LogP contribution in [-0.2, 0) is 9.53 Å². The van der Waals surface area contributed by atoms with E-state index in [4.69, 9.17) is 4.74 Å². The highest BCUT2D eigenvalue weighted by Crippen LogP contribution is 2.18. The summed E-state index contributed by atoms with van der Waals surface area (Å²) in [5.74, 6) is -0.223. The zero-order valence-electron chi connectivity index (χ0n) is 13.1. The lowest BCUT2D eigenvalue weighted by atomic mass is 10.1. The van der Waals surface area contributed by atoms with Crippen molar-refractivity contribution in [2.75, 3.05) is 32.8 Å². The molecule has 5 heteroatoms. The van der Waals surface area contributed by atoms with E-state index in [0.29, 0.717) is 6.61 Å². The number of nitrogens with one attached hydrogen (secondary N) is 1. The minimum atomic E-state index is -0.409. The van der Waals surface area contributed by atoms with Gasteiger partial charge in [0.2, 0.25) is 0 Å². The van der Waals surface area contributed by atoms with Crippen LogP contribution in [0.2, 0.25) is 0 Å². The van der Waals surface area contributed by atoms with Gasteiger partial charge in [-0.2, -0.15) is 0 Å². The average Bonchev–Trinajstić information content (AvgIpc) is 2.49. The highest BCUT2D eigenvalue weighted by Gasteiger charge is 2.21. The first-order chi connectivity index (χ1) is 10.1. The molecule has 0 aliphatic heterocycles. The number of halogens is 1. The summed E-state index contributed by atoms with van der Waals surface area (Å²) < 4.78 is 6.17. The molecule has 0 heterocycles. The van der Waals surface area contributed by atoms with Crippen LogP contribution in [0.15, 0.2) is 28.7 Å². The Bertz CT molecular complexity index is 419. The fraction of sp³-hybridized carbons (Fsp3) is 0.562. The Morgan fingerprint density at radius 3 is 2.38 bits per heavy atom. The van der Waals surface area contributed by atoms with E-state index in [1.54, 1.807) is 0 Å². The summed E-state index contributed by atoms with van der Waals surface area (Å²) in [4.78, 5) is 14.4. The molecule has 0 fully saturated rings. The van der Waals surface area contributed by atoms with E-state index in [-0.39, 0.29) is 5.97 Å². The van der Waals surface area contributed by atoms with E-state index < -0.39 is 6.04 Å². The van der Waals surface area contributed by atoms with Crippen LogP contribution >= 0.6 is 15.9 Å². The Labute approximate surface area is 136 Å². The predicted molar refractivity (Wildman–Crippen MR) is 89.3 cm³/mol. The standard InChI is InChI=1S/C16H25BrN2O2/c1-4-19(5-2)12-11-18-15(16(20)21-6-3)13-7-9-14(17)10-8-13/h7-10,15,18H,4-6,11-12H2,1-3H3. The first-order valence-electron chi connectivity index (χ1n) is 7.50. The van der Waals surface area contributed by atoms with Crippen LogP contribution in [0, 0.1) is 0 Å². The van der Waals surface area contributed by atoms with Crippen LogP contribution in [0.1, 0.15) is 32.4 Å². The van der Waals surface area contributed by atoms with E-state index in [1.807, 2.05) is 31.2 Å². The largest absolute Gasteiger partial charge is 0.465 e. The van der Waals surface area contributed by atoms with Gasteiger partial charge >= 0.3 is 5.97 Å². The second-order valence-corrected chi connectivity index (χ2v) is 5.63. The fourth-order valence-electron chi connectivity index (χ4n) is 2.12. The summed E-state index contributed by atoms with van der Waals surface area (Å²) in [6, 6.07) is 7.35. The van der Waals surface area contributed by atoms with Crippen molar-refractivity contribution in [2.45, 2.75) is 26.8 Å². The molecule has 1 N–H and O–H groups in total. The van der Waals surface area contributed by atoms with Crippen molar-refractivity contribution >= 4 is 21.9 Å². The Kier molecular flexibility index (Phi) is 8.57. The molecule has 4 nitrogen and oxygen atoms in total. The summed E-state index contributed by atoms with van der Waals surface area (Å²) in [5, 5.41) is 3.31.